The zero-order chi connectivity index (χ0) is 13.8. The molecule has 0 aromatic carbocycles. The van der Waals surface area contributed by atoms with Gasteiger partial charge in [0.25, 0.3) is 10.0 Å². The van der Waals surface area contributed by atoms with Crippen molar-refractivity contribution in [1.29, 1.82) is 0 Å². The lowest BCUT2D eigenvalue weighted by molar-refractivity contribution is 0.236. The van der Waals surface area contributed by atoms with Gasteiger partial charge >= 0.3 is 0 Å². The smallest absolute Gasteiger partial charge is 0.263 e. The van der Waals surface area contributed by atoms with Crippen LogP contribution in [-0.2, 0) is 10.0 Å². The zero-order valence-corrected chi connectivity index (χ0v) is 11.2. The fraction of sp³-hybridized carbons (Fsp3) is 0.500. The Morgan fingerprint density at radius 3 is 2.72 bits per heavy atom. The Bertz CT molecular complexity index is 490. The van der Waals surface area contributed by atoms with Crippen LogP contribution in [0.4, 0.5) is 5.69 Å². The van der Waals surface area contributed by atoms with Gasteiger partial charge in [-0.2, -0.15) is 4.31 Å². The second-order valence-electron chi connectivity index (χ2n) is 3.93. The summed E-state index contributed by atoms with van der Waals surface area (Å²) < 4.78 is 26.0. The van der Waals surface area contributed by atoms with Crippen molar-refractivity contribution in [3.05, 3.63) is 18.3 Å². The van der Waals surface area contributed by atoms with E-state index in [2.05, 4.69) is 10.4 Å². The van der Waals surface area contributed by atoms with Crippen molar-refractivity contribution in [3.8, 4) is 0 Å². The van der Waals surface area contributed by atoms with Crippen LogP contribution in [0.3, 0.4) is 0 Å². The van der Waals surface area contributed by atoms with Crippen molar-refractivity contribution in [2.75, 3.05) is 18.6 Å². The number of nitrogens with two attached hydrogens (primary N) is 1. The van der Waals surface area contributed by atoms with E-state index >= 15 is 0 Å². The van der Waals surface area contributed by atoms with Gasteiger partial charge in [0.2, 0.25) is 0 Å². The van der Waals surface area contributed by atoms with Crippen LogP contribution in [0.5, 0.6) is 0 Å². The van der Waals surface area contributed by atoms with Crippen LogP contribution in [0.15, 0.2) is 23.4 Å². The number of aliphatic hydroxyl groups is 1. The number of nitrogen functional groups attached to an aromatic ring is 1. The third-order valence-electron chi connectivity index (χ3n) is 2.38. The second kappa shape index (κ2) is 6.10. The van der Waals surface area contributed by atoms with Gasteiger partial charge in [-0.25, -0.2) is 13.4 Å². The zero-order valence-electron chi connectivity index (χ0n) is 10.4. The molecule has 7 nitrogen and oxygen atoms in total. The minimum Gasteiger partial charge on any atom is -0.395 e. The lowest BCUT2D eigenvalue weighted by atomic mass is 10.4. The highest BCUT2D eigenvalue weighted by atomic mass is 32.2. The third-order valence-corrected chi connectivity index (χ3v) is 4.41. The molecule has 0 aliphatic heterocycles. The highest BCUT2D eigenvalue weighted by molar-refractivity contribution is 7.89. The van der Waals surface area contributed by atoms with Gasteiger partial charge in [-0.1, -0.05) is 0 Å². The lowest BCUT2D eigenvalue weighted by Gasteiger charge is -2.25. The number of rotatable bonds is 6. The molecule has 8 heteroatoms. The summed E-state index contributed by atoms with van der Waals surface area (Å²) in [6.07, 6.45) is 1.38. The average molecular weight is 274 g/mol. The number of aliphatic hydroxyl groups excluding tert-OH is 1. The number of sulfonamides is 1. The molecule has 0 amide bonds. The van der Waals surface area contributed by atoms with Crippen molar-refractivity contribution >= 4 is 15.7 Å². The highest BCUT2D eigenvalue weighted by Crippen LogP contribution is 2.22. The molecule has 1 aromatic rings. The Morgan fingerprint density at radius 2 is 2.22 bits per heavy atom. The maximum Gasteiger partial charge on any atom is 0.263 e. The summed E-state index contributed by atoms with van der Waals surface area (Å²) in [4.78, 5) is 3.85. The molecule has 0 radical (unpaired) electrons. The molecule has 0 atom stereocenters. The maximum absolute atomic E-state index is 12.4. The SMILES string of the molecule is CC(C)N(CCO)S(=O)(=O)c1ncccc1NN. The van der Waals surface area contributed by atoms with E-state index in [4.69, 9.17) is 10.9 Å². The molecule has 0 bridgehead atoms. The topological polar surface area (TPSA) is 109 Å². The summed E-state index contributed by atoms with van der Waals surface area (Å²) >= 11 is 0. The summed E-state index contributed by atoms with van der Waals surface area (Å²) in [7, 11) is -3.79. The molecule has 0 aliphatic rings. The number of aromatic nitrogens is 1. The molecule has 0 saturated heterocycles. The molecule has 18 heavy (non-hydrogen) atoms. The van der Waals surface area contributed by atoms with Crippen LogP contribution < -0.4 is 11.3 Å². The van der Waals surface area contributed by atoms with Gasteiger partial charge in [-0.15, -0.1) is 0 Å². The predicted molar refractivity (Wildman–Crippen MR) is 68.2 cm³/mol. The molecule has 1 aromatic heterocycles. The summed E-state index contributed by atoms with van der Waals surface area (Å²) in [6, 6.07) is 2.83. The third kappa shape index (κ3) is 2.96. The molecule has 0 aliphatic carbocycles. The number of anilines is 1. The van der Waals surface area contributed by atoms with Gasteiger partial charge in [0, 0.05) is 18.8 Å². The molecular weight excluding hydrogens is 256 g/mol. The average Bonchev–Trinajstić information content (AvgIpc) is 2.35. The molecule has 4 N–H and O–H groups in total. The van der Waals surface area contributed by atoms with Crippen molar-refractivity contribution < 1.29 is 13.5 Å². The maximum atomic E-state index is 12.4. The van der Waals surface area contributed by atoms with Gasteiger partial charge in [-0.05, 0) is 26.0 Å². The predicted octanol–water partition coefficient (Wildman–Crippen LogP) is -0.241. The lowest BCUT2D eigenvalue weighted by Crippen LogP contribution is -2.39. The minimum absolute atomic E-state index is 0.0145. The number of hydrogen-bond donors (Lipinski definition) is 3. The van der Waals surface area contributed by atoms with Gasteiger partial charge < -0.3 is 10.5 Å². The van der Waals surface area contributed by atoms with E-state index in [0.29, 0.717) is 0 Å². The van der Waals surface area contributed by atoms with Crippen molar-refractivity contribution in [1.82, 2.24) is 9.29 Å². The highest BCUT2D eigenvalue weighted by Gasteiger charge is 2.29. The Hall–Kier alpha value is -1.22. The van der Waals surface area contributed by atoms with E-state index < -0.39 is 10.0 Å². The molecular formula is C10H18N4O3S. The van der Waals surface area contributed by atoms with Gasteiger partial charge in [0.1, 0.15) is 0 Å². The molecule has 1 rings (SSSR count). The Labute approximate surface area is 107 Å². The van der Waals surface area contributed by atoms with Gasteiger partial charge in [0.05, 0.1) is 12.3 Å². The molecule has 0 saturated carbocycles. The first-order chi connectivity index (χ1) is 8.45. The van der Waals surface area contributed by atoms with Crippen molar-refractivity contribution in [2.24, 2.45) is 5.84 Å². The molecule has 0 fully saturated rings. The van der Waals surface area contributed by atoms with Crippen LogP contribution in [0, 0.1) is 0 Å². The number of nitrogens with zero attached hydrogens (tertiary/aromatic N) is 2. The van der Waals surface area contributed by atoms with E-state index in [9.17, 15) is 8.42 Å². The normalized spacial score (nSPS) is 12.1. The first kappa shape index (κ1) is 14.8. The Balaban J connectivity index is 3.26. The van der Waals surface area contributed by atoms with Crippen LogP contribution >= 0.6 is 0 Å². The Kier molecular flexibility index (Phi) is 5.03. The van der Waals surface area contributed by atoms with Crippen LogP contribution in [0.2, 0.25) is 0 Å². The number of hydrazine groups is 1. The number of pyridine rings is 1. The van der Waals surface area contributed by atoms with E-state index in [1.165, 1.54) is 16.6 Å². The summed E-state index contributed by atoms with van der Waals surface area (Å²) in [5.74, 6) is 5.28. The molecule has 1 heterocycles. The second-order valence-corrected chi connectivity index (χ2v) is 5.74. The van der Waals surface area contributed by atoms with Crippen LogP contribution in [-0.4, -0.2) is 42.0 Å². The van der Waals surface area contributed by atoms with E-state index in [1.807, 2.05) is 0 Å². The standard InChI is InChI=1S/C10H18N4O3S/c1-8(2)14(6-7-15)18(16,17)10-9(13-11)4-3-5-12-10/h3-5,8,13,15H,6-7,11H2,1-2H3. The minimum atomic E-state index is -3.79. The number of nitrogens with one attached hydrogen (secondary N) is 1. The van der Waals surface area contributed by atoms with Crippen LogP contribution in [0.1, 0.15) is 13.8 Å². The number of hydrogen-bond acceptors (Lipinski definition) is 6. The Morgan fingerprint density at radius 1 is 1.56 bits per heavy atom. The molecule has 0 unspecified atom stereocenters. The van der Waals surface area contributed by atoms with Crippen molar-refractivity contribution in [3.63, 3.8) is 0 Å². The van der Waals surface area contributed by atoms with E-state index in [1.54, 1.807) is 19.9 Å². The van der Waals surface area contributed by atoms with Gasteiger partial charge in [-0.3, -0.25) is 5.84 Å². The first-order valence-electron chi connectivity index (χ1n) is 5.49. The van der Waals surface area contributed by atoms with Crippen LogP contribution in [0.25, 0.3) is 0 Å². The molecule has 102 valence electrons. The van der Waals surface area contributed by atoms with E-state index in [0.717, 1.165) is 0 Å². The molecule has 0 spiro atoms. The van der Waals surface area contributed by atoms with Crippen molar-refractivity contribution in [2.45, 2.75) is 24.9 Å². The monoisotopic (exact) mass is 274 g/mol. The quantitative estimate of drug-likeness (QED) is 0.488. The first-order valence-corrected chi connectivity index (χ1v) is 6.93. The largest absolute Gasteiger partial charge is 0.395 e. The summed E-state index contributed by atoms with van der Waals surface area (Å²) in [5.41, 5.74) is 2.53. The fourth-order valence-electron chi connectivity index (χ4n) is 1.57. The summed E-state index contributed by atoms with van der Waals surface area (Å²) in [6.45, 7) is 3.22. The van der Waals surface area contributed by atoms with E-state index in [-0.39, 0.29) is 29.9 Å². The fourth-order valence-corrected chi connectivity index (χ4v) is 3.27. The van der Waals surface area contributed by atoms with Gasteiger partial charge in [0.15, 0.2) is 5.03 Å². The summed E-state index contributed by atoms with van der Waals surface area (Å²) in [5, 5.41) is 8.81.